The van der Waals surface area contributed by atoms with Crippen molar-refractivity contribution in [2.45, 2.75) is 0 Å². The molecule has 0 saturated carbocycles. The van der Waals surface area contributed by atoms with Crippen LogP contribution >= 0.6 is 22.9 Å². The number of hydrogen-bond donors (Lipinski definition) is 1. The van der Waals surface area contributed by atoms with E-state index in [0.29, 0.717) is 10.7 Å². The quantitative estimate of drug-likeness (QED) is 0.737. The minimum atomic E-state index is -0.0898. The molecule has 0 spiro atoms. The zero-order chi connectivity index (χ0) is 9.26. The van der Waals surface area contributed by atoms with Gasteiger partial charge in [-0.1, -0.05) is 11.6 Å². The van der Waals surface area contributed by atoms with E-state index in [1.807, 2.05) is 0 Å². The number of halogens is 1. The first-order valence-electron chi connectivity index (χ1n) is 3.54. The summed E-state index contributed by atoms with van der Waals surface area (Å²) in [5, 5.41) is 0.346. The van der Waals surface area contributed by atoms with Crippen LogP contribution in [0.5, 0.6) is 0 Å². The Morgan fingerprint density at radius 3 is 3.00 bits per heavy atom. The Morgan fingerprint density at radius 1 is 1.54 bits per heavy atom. The van der Waals surface area contributed by atoms with Gasteiger partial charge in [0.15, 0.2) is 5.43 Å². The number of hydrogen-bond acceptors (Lipinski definition) is 3. The van der Waals surface area contributed by atoms with Gasteiger partial charge in [0.05, 0.1) is 16.0 Å². The molecule has 0 aromatic carbocycles. The lowest BCUT2D eigenvalue weighted by atomic mass is 10.2. The van der Waals surface area contributed by atoms with E-state index in [2.05, 4.69) is 9.97 Å². The van der Waals surface area contributed by atoms with Crippen LogP contribution in [0.4, 0.5) is 0 Å². The molecule has 0 aliphatic rings. The SMILES string of the molecule is O=c1cc(Cl)[nH]cc1-c1cncs1. The van der Waals surface area contributed by atoms with Crippen molar-refractivity contribution < 1.29 is 0 Å². The molecule has 0 unspecified atom stereocenters. The molecule has 5 heteroatoms. The summed E-state index contributed by atoms with van der Waals surface area (Å²) in [6, 6.07) is 1.36. The Labute approximate surface area is 83.0 Å². The number of thiazole rings is 1. The first kappa shape index (κ1) is 8.47. The molecule has 0 atom stereocenters. The minimum Gasteiger partial charge on any atom is -0.352 e. The first-order chi connectivity index (χ1) is 6.27. The maximum Gasteiger partial charge on any atom is 0.191 e. The average Bonchev–Trinajstić information content (AvgIpc) is 2.56. The predicted octanol–water partition coefficient (Wildman–Crippen LogP) is 2.15. The van der Waals surface area contributed by atoms with Crippen LogP contribution in [-0.2, 0) is 0 Å². The monoisotopic (exact) mass is 212 g/mol. The Kier molecular flexibility index (Phi) is 2.16. The van der Waals surface area contributed by atoms with Crippen LogP contribution in [-0.4, -0.2) is 9.97 Å². The summed E-state index contributed by atoms with van der Waals surface area (Å²) in [5.41, 5.74) is 2.20. The number of rotatable bonds is 1. The summed E-state index contributed by atoms with van der Waals surface area (Å²) in [5.74, 6) is 0. The third kappa shape index (κ3) is 1.64. The number of nitrogens with one attached hydrogen (secondary N) is 1. The number of H-pyrrole nitrogens is 1. The van der Waals surface area contributed by atoms with Crippen molar-refractivity contribution in [1.82, 2.24) is 9.97 Å². The highest BCUT2D eigenvalue weighted by molar-refractivity contribution is 7.13. The van der Waals surface area contributed by atoms with E-state index in [0.717, 1.165) is 4.88 Å². The molecule has 3 nitrogen and oxygen atoms in total. The fraction of sp³-hybridized carbons (Fsp3) is 0. The van der Waals surface area contributed by atoms with E-state index < -0.39 is 0 Å². The second-order valence-electron chi connectivity index (χ2n) is 2.42. The van der Waals surface area contributed by atoms with Crippen molar-refractivity contribution in [3.8, 4) is 10.4 Å². The van der Waals surface area contributed by atoms with Gasteiger partial charge in [0.1, 0.15) is 5.15 Å². The number of nitrogens with zero attached hydrogens (tertiary/aromatic N) is 1. The largest absolute Gasteiger partial charge is 0.352 e. The molecule has 1 N–H and O–H groups in total. The molecule has 2 aromatic heterocycles. The predicted molar refractivity (Wildman–Crippen MR) is 53.2 cm³/mol. The normalized spacial score (nSPS) is 10.2. The third-order valence-electron chi connectivity index (χ3n) is 1.58. The molecule has 2 aromatic rings. The molecule has 0 saturated heterocycles. The maximum absolute atomic E-state index is 11.4. The highest BCUT2D eigenvalue weighted by Crippen LogP contribution is 2.19. The zero-order valence-corrected chi connectivity index (χ0v) is 8.02. The van der Waals surface area contributed by atoms with Crippen LogP contribution in [0, 0.1) is 0 Å². The summed E-state index contributed by atoms with van der Waals surface area (Å²) < 4.78 is 0. The molecular formula is C8H5ClN2OS. The molecule has 0 amide bonds. The topological polar surface area (TPSA) is 45.8 Å². The first-order valence-corrected chi connectivity index (χ1v) is 4.80. The van der Waals surface area contributed by atoms with Crippen LogP contribution < -0.4 is 5.43 Å². The lowest BCUT2D eigenvalue weighted by Gasteiger charge is -1.94. The minimum absolute atomic E-state index is 0.0898. The second kappa shape index (κ2) is 3.32. The Bertz CT molecular complexity index is 463. The second-order valence-corrected chi connectivity index (χ2v) is 3.72. The number of aromatic nitrogens is 2. The summed E-state index contributed by atoms with van der Waals surface area (Å²) in [6.07, 6.45) is 3.25. The third-order valence-corrected chi connectivity index (χ3v) is 2.60. The molecule has 0 aliphatic carbocycles. The van der Waals surface area contributed by atoms with Gasteiger partial charge in [0.25, 0.3) is 0 Å². The van der Waals surface area contributed by atoms with Crippen LogP contribution in [0.25, 0.3) is 10.4 Å². The van der Waals surface area contributed by atoms with Gasteiger partial charge in [-0.15, -0.1) is 11.3 Å². The van der Waals surface area contributed by atoms with Crippen LogP contribution in [0.1, 0.15) is 0 Å². The van der Waals surface area contributed by atoms with E-state index in [9.17, 15) is 4.79 Å². The summed E-state index contributed by atoms with van der Waals surface area (Å²) in [6.45, 7) is 0. The molecule has 66 valence electrons. The van der Waals surface area contributed by atoms with Gasteiger partial charge in [-0.25, -0.2) is 0 Å². The van der Waals surface area contributed by atoms with Gasteiger partial charge in [-0.2, -0.15) is 0 Å². The van der Waals surface area contributed by atoms with E-state index >= 15 is 0 Å². The van der Waals surface area contributed by atoms with Crippen LogP contribution in [0.15, 0.2) is 28.8 Å². The summed E-state index contributed by atoms with van der Waals surface area (Å²) in [4.78, 5) is 18.9. The van der Waals surface area contributed by atoms with Crippen molar-refractivity contribution in [2.24, 2.45) is 0 Å². The van der Waals surface area contributed by atoms with Crippen molar-refractivity contribution in [2.75, 3.05) is 0 Å². The summed E-state index contributed by atoms with van der Waals surface area (Å²) in [7, 11) is 0. The van der Waals surface area contributed by atoms with E-state index in [4.69, 9.17) is 11.6 Å². The number of aromatic amines is 1. The highest BCUT2D eigenvalue weighted by atomic mass is 35.5. The lowest BCUT2D eigenvalue weighted by molar-refractivity contribution is 1.30. The number of pyridine rings is 1. The molecule has 2 rings (SSSR count). The van der Waals surface area contributed by atoms with E-state index in [-0.39, 0.29) is 5.43 Å². The van der Waals surface area contributed by atoms with Crippen LogP contribution in [0.2, 0.25) is 5.15 Å². The smallest absolute Gasteiger partial charge is 0.191 e. The molecule has 0 fully saturated rings. The van der Waals surface area contributed by atoms with Gasteiger partial charge in [-0.05, 0) is 0 Å². The Morgan fingerprint density at radius 2 is 2.38 bits per heavy atom. The summed E-state index contributed by atoms with van der Waals surface area (Å²) >= 11 is 7.03. The molecule has 13 heavy (non-hydrogen) atoms. The molecule has 0 bridgehead atoms. The van der Waals surface area contributed by atoms with E-state index in [1.54, 1.807) is 17.9 Å². The van der Waals surface area contributed by atoms with Crippen molar-refractivity contribution in [1.29, 1.82) is 0 Å². The van der Waals surface area contributed by atoms with Crippen molar-refractivity contribution >= 4 is 22.9 Å². The molecule has 0 radical (unpaired) electrons. The maximum atomic E-state index is 11.4. The van der Waals surface area contributed by atoms with Gasteiger partial charge < -0.3 is 4.98 Å². The van der Waals surface area contributed by atoms with Crippen LogP contribution in [0.3, 0.4) is 0 Å². The van der Waals surface area contributed by atoms with Crippen molar-refractivity contribution in [3.05, 3.63) is 39.3 Å². The average molecular weight is 213 g/mol. The molecular weight excluding hydrogens is 208 g/mol. The standard InChI is InChI=1S/C8H5ClN2OS/c9-8-1-6(12)5(2-11-8)7-3-10-4-13-7/h1-4H,(H,11,12). The van der Waals surface area contributed by atoms with E-state index in [1.165, 1.54) is 17.4 Å². The lowest BCUT2D eigenvalue weighted by Crippen LogP contribution is -2.02. The van der Waals surface area contributed by atoms with Gasteiger partial charge in [0, 0.05) is 18.5 Å². The molecule has 0 aliphatic heterocycles. The fourth-order valence-electron chi connectivity index (χ4n) is 0.988. The van der Waals surface area contributed by atoms with Gasteiger partial charge in [0.2, 0.25) is 0 Å². The fourth-order valence-corrected chi connectivity index (χ4v) is 1.79. The van der Waals surface area contributed by atoms with Crippen molar-refractivity contribution in [3.63, 3.8) is 0 Å². The highest BCUT2D eigenvalue weighted by Gasteiger charge is 2.04. The zero-order valence-electron chi connectivity index (χ0n) is 6.45. The Balaban J connectivity index is 2.60. The van der Waals surface area contributed by atoms with Gasteiger partial charge in [-0.3, -0.25) is 9.78 Å². The van der Waals surface area contributed by atoms with Gasteiger partial charge >= 0.3 is 0 Å². The molecule has 2 heterocycles. The Hall–Kier alpha value is -1.13.